The Bertz CT molecular complexity index is 1180. The lowest BCUT2D eigenvalue weighted by Gasteiger charge is -2.36. The quantitative estimate of drug-likeness (QED) is 0.453. The molecule has 0 aliphatic carbocycles. The summed E-state index contributed by atoms with van der Waals surface area (Å²) in [5.74, 6) is 0.358. The molecule has 1 aromatic heterocycles. The molecule has 0 atom stereocenters. The molecule has 8 heteroatoms. The summed E-state index contributed by atoms with van der Waals surface area (Å²) in [5, 5.41) is 39.0. The van der Waals surface area contributed by atoms with Crippen LogP contribution in [0, 0.1) is 0 Å². The zero-order valence-corrected chi connectivity index (χ0v) is 21.3. The van der Waals surface area contributed by atoms with Gasteiger partial charge in [0, 0.05) is 18.7 Å². The molecule has 0 spiro atoms. The lowest BCUT2D eigenvalue weighted by atomic mass is 9.98. The predicted octanol–water partition coefficient (Wildman–Crippen LogP) is 4.29. The van der Waals surface area contributed by atoms with Crippen molar-refractivity contribution >= 4 is 0 Å². The average molecular weight is 492 g/mol. The molecule has 3 aromatic rings. The highest BCUT2D eigenvalue weighted by atomic mass is 16.3. The van der Waals surface area contributed by atoms with Crippen molar-refractivity contribution in [2.75, 3.05) is 26.2 Å². The highest BCUT2D eigenvalue weighted by Crippen LogP contribution is 2.38. The lowest BCUT2D eigenvalue weighted by molar-refractivity contribution is 0.122. The third-order valence-electron chi connectivity index (χ3n) is 7.72. The summed E-state index contributed by atoms with van der Waals surface area (Å²) < 4.78 is 1.58. The summed E-state index contributed by atoms with van der Waals surface area (Å²) in [4.78, 5) is 5.23. The van der Waals surface area contributed by atoms with E-state index in [1.165, 1.54) is 50.4 Å². The van der Waals surface area contributed by atoms with Crippen LogP contribution in [0.25, 0.3) is 11.4 Å². The number of likely N-dealkylation sites (tertiary alicyclic amines) is 2. The van der Waals surface area contributed by atoms with Gasteiger partial charge >= 0.3 is 6.01 Å². The van der Waals surface area contributed by atoms with Crippen LogP contribution in [-0.4, -0.2) is 72.1 Å². The minimum absolute atomic E-state index is 0.0393. The minimum atomic E-state index is -0.214. The Hall–Kier alpha value is -3.10. The molecule has 8 nitrogen and oxygen atoms in total. The van der Waals surface area contributed by atoms with Gasteiger partial charge < -0.3 is 20.2 Å². The van der Waals surface area contributed by atoms with Crippen LogP contribution in [0.15, 0.2) is 36.4 Å². The average Bonchev–Trinajstić information content (AvgIpc) is 3.52. The van der Waals surface area contributed by atoms with E-state index >= 15 is 0 Å². The SMILES string of the molecule is CC(C)c1cc(-c2nnc(O)n2Cc2ccc(CN3CCC(N4CCCC4)CC3)cc2)c(O)cc1O. The standard InChI is InChI=1S/C28H37N5O3/c1-19(2)23-15-24(26(35)16-25(23)34)27-29-30-28(36)33(27)18-21-7-5-20(6-8-21)17-31-13-9-22(10-14-31)32-11-3-4-12-32/h5-8,15-16,19,22,34-35H,3-4,9-14,17-18H2,1-2H3,(H,30,36). The Kier molecular flexibility index (Phi) is 7.16. The minimum Gasteiger partial charge on any atom is -0.508 e. The van der Waals surface area contributed by atoms with E-state index < -0.39 is 0 Å². The molecular formula is C28H37N5O3. The second kappa shape index (κ2) is 10.5. The van der Waals surface area contributed by atoms with Crippen molar-refractivity contribution in [3.63, 3.8) is 0 Å². The number of nitrogens with zero attached hydrogens (tertiary/aromatic N) is 5. The highest BCUT2D eigenvalue weighted by Gasteiger charge is 2.26. The first-order valence-electron chi connectivity index (χ1n) is 13.1. The number of aromatic hydroxyl groups is 3. The summed E-state index contributed by atoms with van der Waals surface area (Å²) >= 11 is 0. The molecule has 5 rings (SSSR count). The van der Waals surface area contributed by atoms with Crippen molar-refractivity contribution in [1.82, 2.24) is 24.6 Å². The van der Waals surface area contributed by atoms with Gasteiger partial charge in [-0.3, -0.25) is 9.47 Å². The van der Waals surface area contributed by atoms with Crippen molar-refractivity contribution in [2.45, 2.75) is 64.6 Å². The number of benzene rings is 2. The molecular weight excluding hydrogens is 454 g/mol. The van der Waals surface area contributed by atoms with Crippen molar-refractivity contribution in [1.29, 1.82) is 0 Å². The smallest absolute Gasteiger partial charge is 0.315 e. The van der Waals surface area contributed by atoms with Crippen LogP contribution in [0.1, 0.15) is 62.1 Å². The van der Waals surface area contributed by atoms with Gasteiger partial charge in [0.05, 0.1) is 12.1 Å². The van der Waals surface area contributed by atoms with Crippen molar-refractivity contribution in [3.8, 4) is 28.9 Å². The fourth-order valence-corrected chi connectivity index (χ4v) is 5.62. The van der Waals surface area contributed by atoms with Crippen LogP contribution in [-0.2, 0) is 13.1 Å². The van der Waals surface area contributed by atoms with Crippen LogP contribution in [0.2, 0.25) is 0 Å². The van der Waals surface area contributed by atoms with Crippen LogP contribution >= 0.6 is 0 Å². The number of aromatic nitrogens is 3. The van der Waals surface area contributed by atoms with Crippen molar-refractivity contribution in [3.05, 3.63) is 53.1 Å². The normalized spacial score (nSPS) is 17.9. The van der Waals surface area contributed by atoms with Crippen LogP contribution in [0.4, 0.5) is 0 Å². The summed E-state index contributed by atoms with van der Waals surface area (Å²) in [6, 6.07) is 12.0. The monoisotopic (exact) mass is 491 g/mol. The van der Waals surface area contributed by atoms with E-state index in [1.54, 1.807) is 10.6 Å². The van der Waals surface area contributed by atoms with E-state index in [9.17, 15) is 15.3 Å². The van der Waals surface area contributed by atoms with E-state index in [0.717, 1.165) is 31.2 Å². The lowest BCUT2D eigenvalue weighted by Crippen LogP contribution is -2.43. The maximum atomic E-state index is 10.5. The fourth-order valence-electron chi connectivity index (χ4n) is 5.62. The molecule has 36 heavy (non-hydrogen) atoms. The molecule has 0 radical (unpaired) electrons. The molecule has 0 unspecified atom stereocenters. The number of phenolic OH excluding ortho intramolecular Hbond substituents is 2. The zero-order chi connectivity index (χ0) is 25.2. The Morgan fingerprint density at radius 1 is 0.833 bits per heavy atom. The van der Waals surface area contributed by atoms with Gasteiger partial charge in [0.15, 0.2) is 5.82 Å². The molecule has 3 N–H and O–H groups in total. The van der Waals surface area contributed by atoms with Gasteiger partial charge in [-0.15, -0.1) is 5.10 Å². The van der Waals surface area contributed by atoms with Crippen LogP contribution in [0.5, 0.6) is 17.5 Å². The molecule has 2 aliphatic rings. The zero-order valence-electron chi connectivity index (χ0n) is 21.3. The van der Waals surface area contributed by atoms with Gasteiger partial charge in [0.25, 0.3) is 0 Å². The highest BCUT2D eigenvalue weighted by molar-refractivity contribution is 5.68. The van der Waals surface area contributed by atoms with Gasteiger partial charge in [-0.25, -0.2) is 0 Å². The first-order valence-corrected chi connectivity index (χ1v) is 13.1. The summed E-state index contributed by atoms with van der Waals surface area (Å²) in [7, 11) is 0. The molecule has 0 bridgehead atoms. The summed E-state index contributed by atoms with van der Waals surface area (Å²) in [5.41, 5.74) is 3.42. The number of rotatable bonds is 7. The van der Waals surface area contributed by atoms with E-state index in [2.05, 4.69) is 44.3 Å². The molecule has 2 aliphatic heterocycles. The fraction of sp³-hybridized carbons (Fsp3) is 0.500. The summed E-state index contributed by atoms with van der Waals surface area (Å²) in [6.45, 7) is 10.1. The van der Waals surface area contributed by atoms with Gasteiger partial charge in [-0.05, 0) is 80.5 Å². The number of hydrogen-bond donors (Lipinski definition) is 3. The van der Waals surface area contributed by atoms with Gasteiger partial charge in [0.1, 0.15) is 11.5 Å². The number of phenols is 2. The second-order valence-electron chi connectivity index (χ2n) is 10.6. The largest absolute Gasteiger partial charge is 0.508 e. The maximum absolute atomic E-state index is 10.5. The maximum Gasteiger partial charge on any atom is 0.315 e. The first kappa shape index (κ1) is 24.6. The van der Waals surface area contributed by atoms with Gasteiger partial charge in [0.2, 0.25) is 0 Å². The van der Waals surface area contributed by atoms with Crippen LogP contribution < -0.4 is 0 Å². The first-order chi connectivity index (χ1) is 17.4. The Morgan fingerprint density at radius 2 is 1.47 bits per heavy atom. The number of hydrogen-bond acceptors (Lipinski definition) is 7. The number of piperidine rings is 1. The van der Waals surface area contributed by atoms with Gasteiger partial charge in [-0.2, -0.15) is 0 Å². The predicted molar refractivity (Wildman–Crippen MR) is 139 cm³/mol. The molecule has 2 fully saturated rings. The van der Waals surface area contributed by atoms with Crippen molar-refractivity contribution < 1.29 is 15.3 Å². The van der Waals surface area contributed by atoms with Crippen LogP contribution in [0.3, 0.4) is 0 Å². The van der Waals surface area contributed by atoms with Crippen molar-refractivity contribution in [2.24, 2.45) is 0 Å². The topological polar surface area (TPSA) is 97.9 Å². The van der Waals surface area contributed by atoms with Gasteiger partial charge in [-0.1, -0.05) is 43.2 Å². The molecule has 192 valence electrons. The molecule has 0 saturated carbocycles. The third kappa shape index (κ3) is 5.20. The Balaban J connectivity index is 1.25. The second-order valence-corrected chi connectivity index (χ2v) is 10.6. The molecule has 3 heterocycles. The molecule has 2 saturated heterocycles. The van der Waals surface area contributed by atoms with E-state index in [0.29, 0.717) is 23.5 Å². The molecule has 0 amide bonds. The Morgan fingerprint density at radius 3 is 2.11 bits per heavy atom. The molecule has 2 aromatic carbocycles. The van der Waals surface area contributed by atoms with E-state index in [1.807, 2.05) is 13.8 Å². The van der Waals surface area contributed by atoms with E-state index in [4.69, 9.17) is 0 Å². The Labute approximate surface area is 212 Å². The third-order valence-corrected chi connectivity index (χ3v) is 7.72. The summed E-state index contributed by atoms with van der Waals surface area (Å²) in [6.07, 6.45) is 5.24. The van der Waals surface area contributed by atoms with E-state index in [-0.39, 0.29) is 23.4 Å².